The summed E-state index contributed by atoms with van der Waals surface area (Å²) in [5.41, 5.74) is 0.900. The van der Waals surface area contributed by atoms with Crippen LogP contribution in [0.1, 0.15) is 20.8 Å². The molecule has 0 fully saturated rings. The van der Waals surface area contributed by atoms with E-state index in [0.717, 1.165) is 11.3 Å². The number of aliphatic imine (C=N–C) groups is 1. The van der Waals surface area contributed by atoms with Crippen LogP contribution in [-0.2, 0) is 9.53 Å². The van der Waals surface area contributed by atoms with E-state index in [-0.39, 0.29) is 32.9 Å². The van der Waals surface area contributed by atoms with Gasteiger partial charge in [-0.05, 0) is 42.5 Å². The molecule has 1 aromatic heterocycles. The summed E-state index contributed by atoms with van der Waals surface area (Å²) in [6.45, 7) is 0. The van der Waals surface area contributed by atoms with Gasteiger partial charge in [-0.15, -0.1) is 11.3 Å². The van der Waals surface area contributed by atoms with Gasteiger partial charge in [0.05, 0.1) is 9.95 Å². The molecule has 5 rings (SSSR count). The van der Waals surface area contributed by atoms with E-state index in [2.05, 4.69) is 4.99 Å². The van der Waals surface area contributed by atoms with Crippen LogP contribution in [0.4, 0.5) is 5.69 Å². The number of cyclic esters (lactones) is 1. The minimum absolute atomic E-state index is 0.0238. The van der Waals surface area contributed by atoms with Crippen molar-refractivity contribution in [3.63, 3.8) is 0 Å². The molecule has 1 aliphatic rings. The molecule has 0 atom stereocenters. The van der Waals surface area contributed by atoms with Crippen molar-refractivity contribution in [2.24, 2.45) is 4.99 Å². The second-order valence-corrected chi connectivity index (χ2v) is 9.32. The molecule has 0 saturated carbocycles. The number of hydrogen-bond acceptors (Lipinski definition) is 8. The van der Waals surface area contributed by atoms with Gasteiger partial charge in [-0.1, -0.05) is 41.4 Å². The Bertz CT molecular complexity index is 1630. The smallest absolute Gasteiger partial charge is 0.363 e. The van der Waals surface area contributed by atoms with Crippen molar-refractivity contribution in [2.45, 2.75) is 0 Å². The van der Waals surface area contributed by atoms with Crippen LogP contribution in [0.3, 0.4) is 0 Å². The van der Waals surface area contributed by atoms with Crippen LogP contribution in [0.2, 0.25) is 10.0 Å². The van der Waals surface area contributed by atoms with Crippen molar-refractivity contribution in [1.82, 2.24) is 0 Å². The number of nitrogens with zero attached hydrogens (tertiary/aromatic N) is 2. The van der Waals surface area contributed by atoms with Gasteiger partial charge in [-0.25, -0.2) is 14.6 Å². The molecule has 0 bridgehead atoms. The van der Waals surface area contributed by atoms with E-state index in [9.17, 15) is 19.7 Å². The number of ether oxygens (including phenoxy) is 2. The molecule has 0 unspecified atom stereocenters. The third kappa shape index (κ3) is 4.59. The fraction of sp³-hybridized carbons (Fsp3) is 0. The van der Waals surface area contributed by atoms with Crippen LogP contribution in [0, 0.1) is 10.1 Å². The van der Waals surface area contributed by atoms with Crippen molar-refractivity contribution < 1.29 is 24.0 Å². The molecule has 0 aliphatic carbocycles. The van der Waals surface area contributed by atoms with Crippen LogP contribution < -0.4 is 4.74 Å². The van der Waals surface area contributed by atoms with E-state index in [1.807, 2.05) is 0 Å². The summed E-state index contributed by atoms with van der Waals surface area (Å²) >= 11 is 13.3. The number of para-hydroxylation sites is 1. The van der Waals surface area contributed by atoms with E-state index in [1.165, 1.54) is 24.3 Å². The van der Waals surface area contributed by atoms with Crippen LogP contribution >= 0.6 is 34.5 Å². The molecule has 0 saturated heterocycles. The van der Waals surface area contributed by atoms with E-state index in [1.54, 1.807) is 48.5 Å². The lowest BCUT2D eigenvalue weighted by Gasteiger charge is -2.07. The number of nitro groups is 1. The fourth-order valence-corrected chi connectivity index (χ4v) is 4.95. The third-order valence-electron chi connectivity index (χ3n) is 5.13. The van der Waals surface area contributed by atoms with Gasteiger partial charge in [0.1, 0.15) is 10.6 Å². The normalized spacial score (nSPS) is 14.1. The van der Waals surface area contributed by atoms with Crippen LogP contribution in [0.15, 0.2) is 77.4 Å². The van der Waals surface area contributed by atoms with Gasteiger partial charge in [-0.3, -0.25) is 10.1 Å². The molecular formula is C25H12Cl2N2O6S. The standard InChI is InChI=1S/C25H12Cl2N2O6S/c26-15-7-5-13(6-8-15)23-28-18(24(30)35-23)11-14-3-1-2-4-19(14)34-25(31)22-21(27)17-10-9-16(29(32)33)12-20(17)36-22/h1-12H/b18-11+. The number of carbonyl (C=O) groups excluding carboxylic acids is 2. The minimum Gasteiger partial charge on any atom is -0.422 e. The summed E-state index contributed by atoms with van der Waals surface area (Å²) in [7, 11) is 0. The Hall–Kier alpha value is -4.05. The molecule has 4 aromatic rings. The maximum Gasteiger partial charge on any atom is 0.363 e. The SMILES string of the molecule is O=C1OC(c2ccc(Cl)cc2)=N/C1=C/c1ccccc1OC(=O)c1sc2cc([N+](=O)[O-])ccc2c1Cl. The molecule has 36 heavy (non-hydrogen) atoms. The van der Waals surface area contributed by atoms with Crippen LogP contribution in [0.5, 0.6) is 5.75 Å². The number of nitro benzene ring substituents is 1. The molecule has 2 heterocycles. The largest absolute Gasteiger partial charge is 0.422 e. The number of esters is 2. The van der Waals surface area contributed by atoms with Gasteiger partial charge in [0.2, 0.25) is 5.90 Å². The van der Waals surface area contributed by atoms with Crippen molar-refractivity contribution in [3.05, 3.63) is 109 Å². The summed E-state index contributed by atoms with van der Waals surface area (Å²) in [5.74, 6) is -1.11. The average molecular weight is 539 g/mol. The Labute approximate surface area is 217 Å². The highest BCUT2D eigenvalue weighted by molar-refractivity contribution is 7.21. The zero-order valence-corrected chi connectivity index (χ0v) is 20.3. The van der Waals surface area contributed by atoms with Gasteiger partial charge in [0.25, 0.3) is 5.69 Å². The minimum atomic E-state index is -0.742. The van der Waals surface area contributed by atoms with Crippen LogP contribution in [0.25, 0.3) is 16.2 Å². The summed E-state index contributed by atoms with van der Waals surface area (Å²) in [5, 5.41) is 12.2. The highest BCUT2D eigenvalue weighted by atomic mass is 35.5. The number of halogens is 2. The Morgan fingerprint density at radius 2 is 1.83 bits per heavy atom. The number of benzene rings is 3. The predicted octanol–water partition coefficient (Wildman–Crippen LogP) is 6.68. The maximum atomic E-state index is 13.0. The number of fused-ring (bicyclic) bond motifs is 1. The van der Waals surface area contributed by atoms with E-state index >= 15 is 0 Å². The van der Waals surface area contributed by atoms with Gasteiger partial charge in [-0.2, -0.15) is 0 Å². The number of carbonyl (C=O) groups is 2. The van der Waals surface area contributed by atoms with E-state index < -0.39 is 16.9 Å². The van der Waals surface area contributed by atoms with Crippen molar-refractivity contribution in [3.8, 4) is 5.75 Å². The highest BCUT2D eigenvalue weighted by Gasteiger charge is 2.25. The summed E-state index contributed by atoms with van der Waals surface area (Å²) in [6, 6.07) is 17.4. The Morgan fingerprint density at radius 1 is 1.08 bits per heavy atom. The Morgan fingerprint density at radius 3 is 2.58 bits per heavy atom. The van der Waals surface area contributed by atoms with Crippen molar-refractivity contribution in [1.29, 1.82) is 0 Å². The lowest BCUT2D eigenvalue weighted by Crippen LogP contribution is -2.08. The molecule has 8 nitrogen and oxygen atoms in total. The monoisotopic (exact) mass is 538 g/mol. The second-order valence-electron chi connectivity index (χ2n) is 7.45. The molecule has 0 N–H and O–H groups in total. The van der Waals surface area contributed by atoms with E-state index in [0.29, 0.717) is 26.2 Å². The topological polar surface area (TPSA) is 108 Å². The first-order valence-electron chi connectivity index (χ1n) is 10.3. The number of rotatable bonds is 5. The number of non-ortho nitro benzene ring substituents is 1. The average Bonchev–Trinajstić information content (AvgIpc) is 3.40. The van der Waals surface area contributed by atoms with Crippen LogP contribution in [-0.4, -0.2) is 22.8 Å². The molecule has 0 amide bonds. The van der Waals surface area contributed by atoms with Gasteiger partial charge >= 0.3 is 11.9 Å². The summed E-state index contributed by atoms with van der Waals surface area (Å²) < 4.78 is 11.3. The lowest BCUT2D eigenvalue weighted by atomic mass is 10.1. The molecule has 3 aromatic carbocycles. The second kappa shape index (κ2) is 9.54. The first-order chi connectivity index (χ1) is 17.3. The number of thiophene rings is 1. The molecule has 0 spiro atoms. The lowest BCUT2D eigenvalue weighted by molar-refractivity contribution is -0.384. The highest BCUT2D eigenvalue weighted by Crippen LogP contribution is 2.38. The first-order valence-corrected chi connectivity index (χ1v) is 11.8. The predicted molar refractivity (Wildman–Crippen MR) is 137 cm³/mol. The number of hydrogen-bond donors (Lipinski definition) is 0. The molecular weight excluding hydrogens is 527 g/mol. The molecule has 11 heteroatoms. The quantitative estimate of drug-likeness (QED) is 0.0921. The maximum absolute atomic E-state index is 13.0. The first kappa shape index (κ1) is 23.7. The Kier molecular flexibility index (Phi) is 6.27. The molecule has 1 aliphatic heterocycles. The van der Waals surface area contributed by atoms with E-state index in [4.69, 9.17) is 32.7 Å². The molecule has 0 radical (unpaired) electrons. The van der Waals surface area contributed by atoms with Gasteiger partial charge in [0, 0.05) is 38.4 Å². The fourth-order valence-electron chi connectivity index (χ4n) is 3.41. The Balaban J connectivity index is 1.44. The van der Waals surface area contributed by atoms with Gasteiger partial charge < -0.3 is 9.47 Å². The third-order valence-corrected chi connectivity index (χ3v) is 7.02. The van der Waals surface area contributed by atoms with Gasteiger partial charge in [0.15, 0.2) is 5.70 Å². The van der Waals surface area contributed by atoms with Crippen molar-refractivity contribution >= 4 is 74.2 Å². The zero-order valence-electron chi connectivity index (χ0n) is 17.9. The zero-order chi connectivity index (χ0) is 25.4. The molecule has 178 valence electrons. The van der Waals surface area contributed by atoms with Crippen molar-refractivity contribution in [2.75, 3.05) is 0 Å². The summed E-state index contributed by atoms with van der Waals surface area (Å²) in [6.07, 6.45) is 1.45. The summed E-state index contributed by atoms with van der Waals surface area (Å²) in [4.78, 5) is 40.3.